The van der Waals surface area contributed by atoms with Crippen LogP contribution in [0.25, 0.3) is 0 Å². The zero-order valence-corrected chi connectivity index (χ0v) is 14.4. The molecule has 0 heterocycles. The van der Waals surface area contributed by atoms with E-state index < -0.39 is 5.60 Å². The van der Waals surface area contributed by atoms with Gasteiger partial charge in [-0.05, 0) is 32.6 Å². The fourth-order valence-electron chi connectivity index (χ4n) is 2.84. The van der Waals surface area contributed by atoms with Crippen LogP contribution in [0, 0.1) is 11.8 Å². The molecule has 0 bridgehead atoms. The summed E-state index contributed by atoms with van der Waals surface area (Å²) in [7, 11) is 0. The van der Waals surface area contributed by atoms with Crippen molar-refractivity contribution >= 4 is 11.8 Å². The van der Waals surface area contributed by atoms with E-state index in [9.17, 15) is 14.7 Å². The smallest absolute Gasteiger partial charge is 0.223 e. The molecule has 1 saturated carbocycles. The second-order valence-corrected chi connectivity index (χ2v) is 7.04. The van der Waals surface area contributed by atoms with E-state index in [0.29, 0.717) is 0 Å². The zero-order valence-electron chi connectivity index (χ0n) is 14.4. The molecular formula is C17H32N2O3. The van der Waals surface area contributed by atoms with Crippen molar-refractivity contribution in [3.05, 3.63) is 0 Å². The van der Waals surface area contributed by atoms with Crippen molar-refractivity contribution in [1.82, 2.24) is 10.6 Å². The summed E-state index contributed by atoms with van der Waals surface area (Å²) in [6, 6.07) is -0.179. The van der Waals surface area contributed by atoms with Gasteiger partial charge in [0.25, 0.3) is 0 Å². The summed E-state index contributed by atoms with van der Waals surface area (Å²) < 4.78 is 0. The van der Waals surface area contributed by atoms with Crippen LogP contribution in [0.15, 0.2) is 0 Å². The molecule has 0 saturated heterocycles. The van der Waals surface area contributed by atoms with E-state index in [1.807, 2.05) is 20.8 Å². The van der Waals surface area contributed by atoms with Crippen LogP contribution < -0.4 is 10.6 Å². The Kier molecular flexibility index (Phi) is 7.33. The highest BCUT2D eigenvalue weighted by atomic mass is 16.3. The number of nitrogens with one attached hydrogen (secondary N) is 2. The minimum absolute atomic E-state index is 0.0735. The van der Waals surface area contributed by atoms with E-state index in [4.69, 9.17) is 0 Å². The SMILES string of the molecule is CCC(C)C(C)(O)CNC(=O)CC(C)NC(=O)C1CCCC1. The number of amides is 2. The van der Waals surface area contributed by atoms with Crippen LogP contribution in [0.4, 0.5) is 0 Å². The molecule has 3 N–H and O–H groups in total. The van der Waals surface area contributed by atoms with Gasteiger partial charge in [0, 0.05) is 24.9 Å². The topological polar surface area (TPSA) is 78.4 Å². The Morgan fingerprint density at radius 1 is 1.27 bits per heavy atom. The molecule has 128 valence electrons. The van der Waals surface area contributed by atoms with Gasteiger partial charge in [0.15, 0.2) is 0 Å². The predicted molar refractivity (Wildman–Crippen MR) is 87.3 cm³/mol. The maximum atomic E-state index is 12.0. The van der Waals surface area contributed by atoms with E-state index in [1.165, 1.54) is 0 Å². The number of rotatable bonds is 8. The summed E-state index contributed by atoms with van der Waals surface area (Å²) in [6.45, 7) is 7.81. The molecule has 0 aliphatic heterocycles. The highest BCUT2D eigenvalue weighted by molar-refractivity contribution is 5.81. The summed E-state index contributed by atoms with van der Waals surface area (Å²) in [5.41, 5.74) is -0.902. The normalized spacial score (nSPS) is 21.0. The first-order valence-electron chi connectivity index (χ1n) is 8.55. The van der Waals surface area contributed by atoms with Gasteiger partial charge in [0.1, 0.15) is 0 Å². The zero-order chi connectivity index (χ0) is 16.8. The molecule has 0 aromatic heterocycles. The second kappa shape index (κ2) is 8.51. The molecule has 1 aliphatic rings. The van der Waals surface area contributed by atoms with Gasteiger partial charge in [-0.15, -0.1) is 0 Å². The predicted octanol–water partition coefficient (Wildman–Crippen LogP) is 1.98. The van der Waals surface area contributed by atoms with E-state index in [0.717, 1.165) is 32.1 Å². The molecule has 3 atom stereocenters. The summed E-state index contributed by atoms with van der Waals surface area (Å²) in [6.07, 6.45) is 5.27. The summed E-state index contributed by atoms with van der Waals surface area (Å²) in [5, 5.41) is 16.0. The fraction of sp³-hybridized carbons (Fsp3) is 0.882. The van der Waals surface area contributed by atoms with Crippen molar-refractivity contribution in [1.29, 1.82) is 0 Å². The molecular weight excluding hydrogens is 280 g/mol. The molecule has 1 fully saturated rings. The minimum Gasteiger partial charge on any atom is -0.388 e. The highest BCUT2D eigenvalue weighted by Crippen LogP contribution is 2.24. The van der Waals surface area contributed by atoms with E-state index >= 15 is 0 Å². The lowest BCUT2D eigenvalue weighted by Gasteiger charge is -2.30. The number of hydrogen-bond acceptors (Lipinski definition) is 3. The van der Waals surface area contributed by atoms with Gasteiger partial charge in [0.2, 0.25) is 11.8 Å². The van der Waals surface area contributed by atoms with Crippen LogP contribution in [0.3, 0.4) is 0 Å². The average molecular weight is 312 g/mol. The van der Waals surface area contributed by atoms with Crippen LogP contribution >= 0.6 is 0 Å². The quantitative estimate of drug-likeness (QED) is 0.641. The van der Waals surface area contributed by atoms with E-state index in [1.54, 1.807) is 6.92 Å². The van der Waals surface area contributed by atoms with Crippen LogP contribution in [-0.2, 0) is 9.59 Å². The first kappa shape index (κ1) is 18.9. The Hall–Kier alpha value is -1.10. The van der Waals surface area contributed by atoms with Gasteiger partial charge in [-0.3, -0.25) is 9.59 Å². The Morgan fingerprint density at radius 2 is 1.86 bits per heavy atom. The molecule has 5 nitrogen and oxygen atoms in total. The number of aliphatic hydroxyl groups is 1. The largest absolute Gasteiger partial charge is 0.388 e. The lowest BCUT2D eigenvalue weighted by atomic mass is 9.88. The third-order valence-corrected chi connectivity index (χ3v) is 4.92. The van der Waals surface area contributed by atoms with Crippen molar-refractivity contribution in [3.8, 4) is 0 Å². The van der Waals surface area contributed by atoms with Crippen LogP contribution in [0.2, 0.25) is 0 Å². The molecule has 0 radical (unpaired) electrons. The Bertz CT molecular complexity index is 376. The Balaban J connectivity index is 2.30. The monoisotopic (exact) mass is 312 g/mol. The highest BCUT2D eigenvalue weighted by Gasteiger charge is 2.28. The van der Waals surface area contributed by atoms with Crippen LogP contribution in [0.1, 0.15) is 66.2 Å². The fourth-order valence-corrected chi connectivity index (χ4v) is 2.84. The number of carbonyl (C=O) groups is 2. The maximum Gasteiger partial charge on any atom is 0.223 e. The number of hydrogen-bond donors (Lipinski definition) is 3. The third-order valence-electron chi connectivity index (χ3n) is 4.92. The maximum absolute atomic E-state index is 12.0. The van der Waals surface area contributed by atoms with Crippen molar-refractivity contribution < 1.29 is 14.7 Å². The van der Waals surface area contributed by atoms with Gasteiger partial charge < -0.3 is 15.7 Å². The average Bonchev–Trinajstić information content (AvgIpc) is 2.98. The van der Waals surface area contributed by atoms with Gasteiger partial charge in [0.05, 0.1) is 5.60 Å². The minimum atomic E-state index is -0.902. The molecule has 1 aliphatic carbocycles. The molecule has 5 heteroatoms. The Morgan fingerprint density at radius 3 is 2.41 bits per heavy atom. The standard InChI is InChI=1S/C17H32N2O3/c1-5-12(2)17(4,22)11-18-15(20)10-13(3)19-16(21)14-8-6-7-9-14/h12-14,22H,5-11H2,1-4H3,(H,18,20)(H,19,21). The van der Waals surface area contributed by atoms with E-state index in [-0.39, 0.29) is 42.7 Å². The van der Waals surface area contributed by atoms with Gasteiger partial charge in [-0.1, -0.05) is 33.1 Å². The first-order chi connectivity index (χ1) is 10.3. The van der Waals surface area contributed by atoms with Crippen molar-refractivity contribution in [2.24, 2.45) is 11.8 Å². The Labute approximate surface area is 134 Å². The molecule has 0 aromatic carbocycles. The summed E-state index contributed by atoms with van der Waals surface area (Å²) in [5.74, 6) is 0.177. The van der Waals surface area contributed by atoms with Crippen LogP contribution in [-0.4, -0.2) is 35.1 Å². The van der Waals surface area contributed by atoms with Gasteiger partial charge in [-0.25, -0.2) is 0 Å². The van der Waals surface area contributed by atoms with E-state index in [2.05, 4.69) is 10.6 Å². The summed E-state index contributed by atoms with van der Waals surface area (Å²) in [4.78, 5) is 23.9. The van der Waals surface area contributed by atoms with Gasteiger partial charge >= 0.3 is 0 Å². The van der Waals surface area contributed by atoms with Crippen molar-refractivity contribution in [3.63, 3.8) is 0 Å². The first-order valence-corrected chi connectivity index (χ1v) is 8.55. The molecule has 1 rings (SSSR count). The summed E-state index contributed by atoms with van der Waals surface area (Å²) >= 11 is 0. The lowest BCUT2D eigenvalue weighted by Crippen LogP contribution is -2.46. The molecule has 0 aromatic rings. The molecule has 3 unspecified atom stereocenters. The molecule has 0 spiro atoms. The van der Waals surface area contributed by atoms with Crippen molar-refractivity contribution in [2.75, 3.05) is 6.54 Å². The van der Waals surface area contributed by atoms with Crippen LogP contribution in [0.5, 0.6) is 0 Å². The molecule has 2 amide bonds. The molecule has 22 heavy (non-hydrogen) atoms. The number of carbonyl (C=O) groups excluding carboxylic acids is 2. The third kappa shape index (κ3) is 5.95. The second-order valence-electron chi connectivity index (χ2n) is 7.04. The lowest BCUT2D eigenvalue weighted by molar-refractivity contribution is -0.126. The van der Waals surface area contributed by atoms with Crippen molar-refractivity contribution in [2.45, 2.75) is 77.9 Å². The van der Waals surface area contributed by atoms with Gasteiger partial charge in [-0.2, -0.15) is 0 Å².